The fraction of sp³-hybridized carbons (Fsp3) is 0.375. The van der Waals surface area contributed by atoms with Crippen LogP contribution in [0.5, 0.6) is 5.75 Å². The molecular formula is C16H21NO2S. The van der Waals surface area contributed by atoms with Crippen LogP contribution in [0.1, 0.15) is 12.5 Å². The Balaban J connectivity index is 2.13. The lowest BCUT2D eigenvalue weighted by Gasteiger charge is -2.13. The molecular weight excluding hydrogens is 270 g/mol. The van der Waals surface area contributed by atoms with Gasteiger partial charge >= 0.3 is 0 Å². The van der Waals surface area contributed by atoms with Crippen molar-refractivity contribution in [2.45, 2.75) is 13.5 Å². The summed E-state index contributed by atoms with van der Waals surface area (Å²) in [7, 11) is 0.981. The molecule has 108 valence electrons. The van der Waals surface area contributed by atoms with Crippen molar-refractivity contribution in [2.75, 3.05) is 25.2 Å². The van der Waals surface area contributed by atoms with Crippen LogP contribution in [-0.4, -0.2) is 29.4 Å². The van der Waals surface area contributed by atoms with Gasteiger partial charge in [-0.1, -0.05) is 37.3 Å². The van der Waals surface area contributed by atoms with E-state index in [4.69, 9.17) is 4.74 Å². The van der Waals surface area contributed by atoms with E-state index in [0.29, 0.717) is 5.75 Å². The van der Waals surface area contributed by atoms with Crippen LogP contribution in [0, 0.1) is 0 Å². The molecule has 1 atom stereocenters. The average Bonchev–Trinajstić information content (AvgIpc) is 2.50. The topological polar surface area (TPSA) is 38.3 Å². The van der Waals surface area contributed by atoms with Crippen molar-refractivity contribution >= 4 is 21.6 Å². The predicted molar refractivity (Wildman–Crippen MR) is 85.8 cm³/mol. The number of rotatable bonds is 7. The van der Waals surface area contributed by atoms with Crippen molar-refractivity contribution in [3.05, 3.63) is 42.0 Å². The molecule has 4 heteroatoms. The molecule has 0 saturated carbocycles. The van der Waals surface area contributed by atoms with E-state index >= 15 is 0 Å². The minimum Gasteiger partial charge on any atom is -0.496 e. The minimum atomic E-state index is -0.713. The fourth-order valence-electron chi connectivity index (χ4n) is 2.23. The summed E-state index contributed by atoms with van der Waals surface area (Å²) in [6.07, 6.45) is 0. The van der Waals surface area contributed by atoms with Gasteiger partial charge in [0, 0.05) is 41.0 Å². The molecule has 2 aromatic carbocycles. The average molecular weight is 291 g/mol. The summed E-state index contributed by atoms with van der Waals surface area (Å²) in [5.41, 5.74) is 1.16. The lowest BCUT2D eigenvalue weighted by atomic mass is 10.0. The van der Waals surface area contributed by atoms with Crippen LogP contribution in [0.3, 0.4) is 0 Å². The SMILES string of the molecule is CCS(=O)CCNCc1c(OC)ccc2ccccc12. The third-order valence-electron chi connectivity index (χ3n) is 3.35. The first-order valence-corrected chi connectivity index (χ1v) is 8.35. The van der Waals surface area contributed by atoms with Gasteiger partial charge in [0.1, 0.15) is 5.75 Å². The van der Waals surface area contributed by atoms with Gasteiger partial charge in [0.05, 0.1) is 7.11 Å². The number of hydrogen-bond donors (Lipinski definition) is 1. The highest BCUT2D eigenvalue weighted by Crippen LogP contribution is 2.27. The highest BCUT2D eigenvalue weighted by Gasteiger charge is 2.07. The van der Waals surface area contributed by atoms with E-state index in [-0.39, 0.29) is 0 Å². The molecule has 0 spiro atoms. The van der Waals surface area contributed by atoms with Gasteiger partial charge in [-0.3, -0.25) is 4.21 Å². The van der Waals surface area contributed by atoms with Gasteiger partial charge in [0.2, 0.25) is 0 Å². The molecule has 0 radical (unpaired) electrons. The van der Waals surface area contributed by atoms with Crippen molar-refractivity contribution in [2.24, 2.45) is 0 Å². The summed E-state index contributed by atoms with van der Waals surface area (Å²) in [5.74, 6) is 2.32. The normalized spacial score (nSPS) is 12.5. The summed E-state index contributed by atoms with van der Waals surface area (Å²) < 4.78 is 16.9. The van der Waals surface area contributed by atoms with Crippen LogP contribution in [0.15, 0.2) is 36.4 Å². The third kappa shape index (κ3) is 3.58. The molecule has 0 amide bonds. The van der Waals surface area contributed by atoms with Gasteiger partial charge in [-0.15, -0.1) is 0 Å². The van der Waals surface area contributed by atoms with Crippen LogP contribution < -0.4 is 10.1 Å². The molecule has 0 heterocycles. The van der Waals surface area contributed by atoms with Crippen LogP contribution in [-0.2, 0) is 17.3 Å². The molecule has 20 heavy (non-hydrogen) atoms. The zero-order valence-corrected chi connectivity index (χ0v) is 12.8. The Morgan fingerprint density at radius 1 is 1.20 bits per heavy atom. The second-order valence-electron chi connectivity index (χ2n) is 4.58. The first kappa shape index (κ1) is 15.0. The Kier molecular flexibility index (Phi) is 5.56. The molecule has 0 aliphatic rings. The number of methoxy groups -OCH3 is 1. The number of fused-ring (bicyclic) bond motifs is 1. The van der Waals surface area contributed by atoms with E-state index in [9.17, 15) is 4.21 Å². The van der Waals surface area contributed by atoms with E-state index in [1.807, 2.05) is 25.1 Å². The molecule has 0 aromatic heterocycles. The van der Waals surface area contributed by atoms with Crippen molar-refractivity contribution < 1.29 is 8.95 Å². The summed E-state index contributed by atoms with van der Waals surface area (Å²) in [4.78, 5) is 0. The zero-order valence-electron chi connectivity index (χ0n) is 12.0. The maximum Gasteiger partial charge on any atom is 0.123 e. The van der Waals surface area contributed by atoms with Crippen LogP contribution in [0.25, 0.3) is 10.8 Å². The Morgan fingerprint density at radius 2 is 2.00 bits per heavy atom. The van der Waals surface area contributed by atoms with Crippen LogP contribution >= 0.6 is 0 Å². The lowest BCUT2D eigenvalue weighted by Crippen LogP contribution is -2.21. The second-order valence-corrected chi connectivity index (χ2v) is 6.44. The molecule has 0 bridgehead atoms. The molecule has 2 aromatic rings. The molecule has 1 unspecified atom stereocenters. The van der Waals surface area contributed by atoms with Gasteiger partial charge in [-0.25, -0.2) is 0 Å². The highest BCUT2D eigenvalue weighted by atomic mass is 32.2. The van der Waals surface area contributed by atoms with Crippen molar-refractivity contribution in [3.8, 4) is 5.75 Å². The molecule has 0 fully saturated rings. The Morgan fingerprint density at radius 3 is 2.75 bits per heavy atom. The third-order valence-corrected chi connectivity index (χ3v) is 4.65. The molecule has 3 nitrogen and oxygen atoms in total. The van der Waals surface area contributed by atoms with Crippen LogP contribution in [0.2, 0.25) is 0 Å². The maximum absolute atomic E-state index is 11.4. The first-order valence-electron chi connectivity index (χ1n) is 6.86. The lowest BCUT2D eigenvalue weighted by molar-refractivity contribution is 0.409. The number of ether oxygens (including phenoxy) is 1. The summed E-state index contributed by atoms with van der Waals surface area (Å²) in [6.45, 7) is 3.43. The largest absolute Gasteiger partial charge is 0.496 e. The van der Waals surface area contributed by atoms with Gasteiger partial charge in [0.15, 0.2) is 0 Å². The number of hydrogen-bond acceptors (Lipinski definition) is 3. The van der Waals surface area contributed by atoms with Crippen LogP contribution in [0.4, 0.5) is 0 Å². The standard InChI is InChI=1S/C16H21NO2S/c1-3-20(18)11-10-17-12-15-14-7-5-4-6-13(14)8-9-16(15)19-2/h4-9,17H,3,10-12H2,1-2H3. The van der Waals surface area contributed by atoms with Gasteiger partial charge in [-0.05, 0) is 16.8 Å². The number of benzene rings is 2. The minimum absolute atomic E-state index is 0.698. The summed E-state index contributed by atoms with van der Waals surface area (Å²) in [5, 5.41) is 5.78. The van der Waals surface area contributed by atoms with E-state index < -0.39 is 10.8 Å². The van der Waals surface area contributed by atoms with Crippen molar-refractivity contribution in [3.63, 3.8) is 0 Å². The van der Waals surface area contributed by atoms with Crippen molar-refractivity contribution in [1.82, 2.24) is 5.32 Å². The van der Waals surface area contributed by atoms with Gasteiger partial charge in [-0.2, -0.15) is 0 Å². The van der Waals surface area contributed by atoms with Gasteiger partial charge in [0.25, 0.3) is 0 Å². The van der Waals surface area contributed by atoms with E-state index in [1.54, 1.807) is 7.11 Å². The molecule has 1 N–H and O–H groups in total. The predicted octanol–water partition coefficient (Wildman–Crippen LogP) is 2.71. The molecule has 2 rings (SSSR count). The molecule has 0 aliphatic heterocycles. The van der Waals surface area contributed by atoms with E-state index in [2.05, 4.69) is 23.5 Å². The Labute approximate surface area is 122 Å². The monoisotopic (exact) mass is 291 g/mol. The highest BCUT2D eigenvalue weighted by molar-refractivity contribution is 7.84. The summed E-state index contributed by atoms with van der Waals surface area (Å²) >= 11 is 0. The van der Waals surface area contributed by atoms with E-state index in [0.717, 1.165) is 30.2 Å². The van der Waals surface area contributed by atoms with E-state index in [1.165, 1.54) is 10.8 Å². The quantitative estimate of drug-likeness (QED) is 0.797. The Bertz CT molecular complexity index is 598. The number of nitrogens with one attached hydrogen (secondary N) is 1. The molecule has 0 saturated heterocycles. The van der Waals surface area contributed by atoms with Gasteiger partial charge < -0.3 is 10.1 Å². The smallest absolute Gasteiger partial charge is 0.123 e. The Hall–Kier alpha value is -1.39. The van der Waals surface area contributed by atoms with Crippen molar-refractivity contribution in [1.29, 1.82) is 0 Å². The second kappa shape index (κ2) is 7.41. The maximum atomic E-state index is 11.4. The zero-order chi connectivity index (χ0) is 14.4. The molecule has 0 aliphatic carbocycles. The first-order chi connectivity index (χ1) is 9.76. The summed E-state index contributed by atoms with van der Waals surface area (Å²) in [6, 6.07) is 12.4. The fourth-order valence-corrected chi connectivity index (χ4v) is 2.89.